The van der Waals surface area contributed by atoms with Crippen LogP contribution in [0.3, 0.4) is 0 Å². The molecule has 33 heavy (non-hydrogen) atoms. The Hall–Kier alpha value is -0.350. The highest BCUT2D eigenvalue weighted by Gasteiger charge is 2.20. The first-order valence-electron chi connectivity index (χ1n) is 14.1. The normalized spacial score (nSPS) is 12.3. The van der Waals surface area contributed by atoms with Gasteiger partial charge < -0.3 is 5.11 Å². The van der Waals surface area contributed by atoms with E-state index in [4.69, 9.17) is 0 Å². The maximum absolute atomic E-state index is 11.7. The lowest BCUT2D eigenvalue weighted by Crippen LogP contribution is -2.08. The van der Waals surface area contributed by atoms with Crippen molar-refractivity contribution in [2.75, 3.05) is 0 Å². The number of unbranched alkanes of at least 4 members (excludes halogenated alkanes) is 16. The van der Waals surface area contributed by atoms with Crippen molar-refractivity contribution < 1.29 is 9.90 Å². The SMILES string of the molecule is CCCCCCCCCCCCC(CCCCCCCCCC)Cc1csc(Br)c1C(=O)O. The zero-order valence-electron chi connectivity index (χ0n) is 21.6. The summed E-state index contributed by atoms with van der Waals surface area (Å²) in [6.45, 7) is 4.55. The maximum Gasteiger partial charge on any atom is 0.337 e. The second-order valence-corrected chi connectivity index (χ2v) is 12.2. The van der Waals surface area contributed by atoms with E-state index in [0.717, 1.165) is 15.8 Å². The molecule has 0 bridgehead atoms. The first-order chi connectivity index (χ1) is 16.1. The van der Waals surface area contributed by atoms with Gasteiger partial charge in [-0.15, -0.1) is 11.3 Å². The van der Waals surface area contributed by atoms with E-state index in [0.29, 0.717) is 11.5 Å². The Morgan fingerprint density at radius 1 is 0.758 bits per heavy atom. The molecule has 0 aliphatic heterocycles. The average Bonchev–Trinajstić information content (AvgIpc) is 3.16. The van der Waals surface area contributed by atoms with Gasteiger partial charge in [-0.1, -0.05) is 142 Å². The smallest absolute Gasteiger partial charge is 0.337 e. The molecule has 0 aromatic carbocycles. The number of rotatable bonds is 23. The third kappa shape index (κ3) is 15.3. The zero-order chi connectivity index (χ0) is 24.2. The molecule has 1 unspecified atom stereocenters. The molecular formula is C29H51BrO2S. The second kappa shape index (κ2) is 21.0. The highest BCUT2D eigenvalue weighted by molar-refractivity contribution is 9.11. The van der Waals surface area contributed by atoms with Gasteiger partial charge in [0.15, 0.2) is 0 Å². The van der Waals surface area contributed by atoms with Gasteiger partial charge in [-0.25, -0.2) is 4.79 Å². The average molecular weight is 544 g/mol. The summed E-state index contributed by atoms with van der Waals surface area (Å²) in [6.07, 6.45) is 28.0. The fourth-order valence-corrected chi connectivity index (χ4v) is 6.39. The summed E-state index contributed by atoms with van der Waals surface area (Å²) >= 11 is 4.97. The van der Waals surface area contributed by atoms with Gasteiger partial charge in [0.2, 0.25) is 0 Å². The highest BCUT2D eigenvalue weighted by atomic mass is 79.9. The quantitative estimate of drug-likeness (QED) is 0.139. The second-order valence-electron chi connectivity index (χ2n) is 10.0. The Morgan fingerprint density at radius 3 is 1.55 bits per heavy atom. The van der Waals surface area contributed by atoms with E-state index in [9.17, 15) is 9.90 Å². The number of halogens is 1. The van der Waals surface area contributed by atoms with Gasteiger partial charge >= 0.3 is 5.97 Å². The Kier molecular flexibility index (Phi) is 19.5. The third-order valence-electron chi connectivity index (χ3n) is 6.98. The van der Waals surface area contributed by atoms with Gasteiger partial charge in [-0.3, -0.25) is 0 Å². The molecule has 0 amide bonds. The van der Waals surface area contributed by atoms with Crippen molar-refractivity contribution >= 4 is 33.2 Å². The largest absolute Gasteiger partial charge is 0.478 e. The number of carboxylic acid groups (broad SMARTS) is 1. The van der Waals surface area contributed by atoms with Crippen molar-refractivity contribution in [1.29, 1.82) is 0 Å². The first-order valence-corrected chi connectivity index (χ1v) is 15.8. The number of carbonyl (C=O) groups is 1. The van der Waals surface area contributed by atoms with Crippen LogP contribution >= 0.6 is 27.3 Å². The fraction of sp³-hybridized carbons (Fsp3) is 0.828. The molecule has 0 fully saturated rings. The predicted octanol–water partition coefficient (Wildman–Crippen LogP) is 11.2. The minimum absolute atomic E-state index is 0.504. The van der Waals surface area contributed by atoms with Crippen molar-refractivity contribution in [3.8, 4) is 0 Å². The summed E-state index contributed by atoms with van der Waals surface area (Å²) < 4.78 is 0.773. The van der Waals surface area contributed by atoms with Gasteiger partial charge in [0.1, 0.15) is 0 Å². The lowest BCUT2D eigenvalue weighted by molar-refractivity contribution is 0.0695. The number of hydrogen-bond acceptors (Lipinski definition) is 2. The topological polar surface area (TPSA) is 37.3 Å². The molecule has 192 valence electrons. The lowest BCUT2D eigenvalue weighted by Gasteiger charge is -2.17. The summed E-state index contributed by atoms with van der Waals surface area (Å²) in [5.41, 5.74) is 1.54. The molecule has 1 aromatic heterocycles. The summed E-state index contributed by atoms with van der Waals surface area (Å²) in [7, 11) is 0. The minimum Gasteiger partial charge on any atom is -0.478 e. The van der Waals surface area contributed by atoms with Gasteiger partial charge in [-0.2, -0.15) is 0 Å². The Balaban J connectivity index is 2.35. The van der Waals surface area contributed by atoms with Crippen molar-refractivity contribution in [3.05, 3.63) is 20.3 Å². The van der Waals surface area contributed by atoms with Crippen LogP contribution in [0.1, 0.15) is 158 Å². The van der Waals surface area contributed by atoms with E-state index in [1.54, 1.807) is 0 Å². The lowest BCUT2D eigenvalue weighted by atomic mass is 9.88. The third-order valence-corrected chi connectivity index (χ3v) is 8.75. The van der Waals surface area contributed by atoms with Crippen LogP contribution in [0.4, 0.5) is 0 Å². The molecule has 0 saturated carbocycles. The van der Waals surface area contributed by atoms with Crippen LogP contribution < -0.4 is 0 Å². The molecule has 1 N–H and O–H groups in total. The van der Waals surface area contributed by atoms with Crippen LogP contribution in [-0.2, 0) is 6.42 Å². The Labute approximate surface area is 217 Å². The van der Waals surface area contributed by atoms with E-state index < -0.39 is 5.97 Å². The van der Waals surface area contributed by atoms with E-state index in [1.165, 1.54) is 140 Å². The molecule has 0 saturated heterocycles. The molecule has 1 heterocycles. The van der Waals surface area contributed by atoms with Gasteiger partial charge in [0.05, 0.1) is 9.35 Å². The van der Waals surface area contributed by atoms with Crippen LogP contribution in [0.15, 0.2) is 9.17 Å². The van der Waals surface area contributed by atoms with E-state index in [-0.39, 0.29) is 0 Å². The van der Waals surface area contributed by atoms with Gasteiger partial charge in [0.25, 0.3) is 0 Å². The molecule has 0 aliphatic carbocycles. The van der Waals surface area contributed by atoms with Crippen molar-refractivity contribution in [2.24, 2.45) is 5.92 Å². The Morgan fingerprint density at radius 2 is 1.15 bits per heavy atom. The standard InChI is InChI=1S/C29H51BrO2S/c1-3-5-7-9-11-13-14-16-18-20-22-25(21-19-17-15-12-10-8-6-4-2)23-26-24-33-28(30)27(26)29(31)32/h24-25H,3-23H2,1-2H3,(H,31,32). The maximum atomic E-state index is 11.7. The van der Waals surface area contributed by atoms with Crippen LogP contribution in [0, 0.1) is 5.92 Å². The summed E-state index contributed by atoms with van der Waals surface area (Å²) in [5.74, 6) is -0.165. The van der Waals surface area contributed by atoms with Crippen LogP contribution in [0.5, 0.6) is 0 Å². The number of aromatic carboxylic acids is 1. The number of carboxylic acids is 1. The molecule has 4 heteroatoms. The monoisotopic (exact) mass is 542 g/mol. The first kappa shape index (κ1) is 30.7. The van der Waals surface area contributed by atoms with Crippen molar-refractivity contribution in [2.45, 2.75) is 149 Å². The molecule has 0 radical (unpaired) electrons. The van der Waals surface area contributed by atoms with E-state index >= 15 is 0 Å². The fourth-order valence-electron chi connectivity index (χ4n) is 4.89. The molecular weight excluding hydrogens is 492 g/mol. The van der Waals surface area contributed by atoms with Crippen molar-refractivity contribution in [1.82, 2.24) is 0 Å². The minimum atomic E-state index is -0.789. The summed E-state index contributed by atoms with van der Waals surface area (Å²) in [4.78, 5) is 11.7. The molecule has 1 atom stereocenters. The zero-order valence-corrected chi connectivity index (χ0v) is 24.0. The molecule has 0 aliphatic rings. The summed E-state index contributed by atoms with van der Waals surface area (Å²) in [6, 6.07) is 0. The molecule has 0 spiro atoms. The number of thiophene rings is 1. The van der Waals surface area contributed by atoms with Crippen LogP contribution in [0.25, 0.3) is 0 Å². The van der Waals surface area contributed by atoms with Gasteiger partial charge in [-0.05, 0) is 39.2 Å². The predicted molar refractivity (Wildman–Crippen MR) is 150 cm³/mol. The number of hydrogen-bond donors (Lipinski definition) is 1. The highest BCUT2D eigenvalue weighted by Crippen LogP contribution is 2.32. The van der Waals surface area contributed by atoms with Crippen LogP contribution in [-0.4, -0.2) is 11.1 Å². The molecule has 1 rings (SSSR count). The van der Waals surface area contributed by atoms with Crippen molar-refractivity contribution in [3.63, 3.8) is 0 Å². The Bertz CT molecular complexity index is 598. The van der Waals surface area contributed by atoms with Crippen LogP contribution in [0.2, 0.25) is 0 Å². The van der Waals surface area contributed by atoms with E-state index in [1.807, 2.05) is 0 Å². The van der Waals surface area contributed by atoms with E-state index in [2.05, 4.69) is 35.2 Å². The molecule has 2 nitrogen and oxygen atoms in total. The van der Waals surface area contributed by atoms with Gasteiger partial charge in [0, 0.05) is 0 Å². The summed E-state index contributed by atoms with van der Waals surface area (Å²) in [5, 5.41) is 11.7. The molecule has 1 aromatic rings.